The summed E-state index contributed by atoms with van der Waals surface area (Å²) in [6.07, 6.45) is 1.65. The molecule has 0 saturated carbocycles. The normalized spacial score (nSPS) is 10.0. The van der Waals surface area contributed by atoms with Crippen LogP contribution >= 0.6 is 0 Å². The van der Waals surface area contributed by atoms with Crippen LogP contribution in [0.4, 0.5) is 5.69 Å². The number of rotatable bonds is 2. The number of fused-ring (bicyclic) bond motifs is 1. The molecule has 1 N–H and O–H groups in total. The molecule has 0 atom stereocenters. The molecule has 5 heteroatoms. The second-order valence-electron chi connectivity index (χ2n) is 4.83. The number of non-ortho nitro benzene ring substituents is 1. The van der Waals surface area contributed by atoms with Gasteiger partial charge in [-0.1, -0.05) is 38.1 Å². The third-order valence-electron chi connectivity index (χ3n) is 3.53. The van der Waals surface area contributed by atoms with Crippen molar-refractivity contribution in [3.63, 3.8) is 0 Å². The van der Waals surface area contributed by atoms with Gasteiger partial charge in [0.25, 0.3) is 11.2 Å². The van der Waals surface area contributed by atoms with Crippen LogP contribution in [0.15, 0.2) is 53.5 Å². The molecule has 0 saturated heterocycles. The van der Waals surface area contributed by atoms with Crippen LogP contribution in [0.1, 0.15) is 19.4 Å². The van der Waals surface area contributed by atoms with E-state index in [4.69, 9.17) is 0 Å². The Labute approximate surface area is 133 Å². The van der Waals surface area contributed by atoms with Gasteiger partial charge in [-0.2, -0.15) is 0 Å². The lowest BCUT2D eigenvalue weighted by atomic mass is 9.97. The van der Waals surface area contributed by atoms with Crippen LogP contribution in [0, 0.1) is 17.0 Å². The van der Waals surface area contributed by atoms with Crippen molar-refractivity contribution in [2.45, 2.75) is 20.8 Å². The Hall–Kier alpha value is -2.95. The van der Waals surface area contributed by atoms with Crippen molar-refractivity contribution in [3.05, 3.63) is 74.7 Å². The topological polar surface area (TPSA) is 76.0 Å². The van der Waals surface area contributed by atoms with Gasteiger partial charge in [0.15, 0.2) is 0 Å². The highest BCUT2D eigenvalue weighted by molar-refractivity contribution is 5.97. The van der Waals surface area contributed by atoms with Crippen LogP contribution in [0.5, 0.6) is 0 Å². The summed E-state index contributed by atoms with van der Waals surface area (Å²) < 4.78 is 0. The van der Waals surface area contributed by atoms with Gasteiger partial charge in [-0.05, 0) is 29.5 Å². The molecule has 0 aliphatic carbocycles. The third-order valence-corrected chi connectivity index (χ3v) is 3.53. The number of aromatic amines is 1. The number of nitro groups is 1. The summed E-state index contributed by atoms with van der Waals surface area (Å²) in [5.41, 5.74) is 2.51. The first-order valence-corrected chi connectivity index (χ1v) is 7.44. The van der Waals surface area contributed by atoms with E-state index in [0.29, 0.717) is 10.8 Å². The van der Waals surface area contributed by atoms with Crippen molar-refractivity contribution >= 4 is 16.5 Å². The van der Waals surface area contributed by atoms with Crippen LogP contribution < -0.4 is 5.56 Å². The Bertz CT molecular complexity index is 914. The van der Waals surface area contributed by atoms with Gasteiger partial charge in [-0.25, -0.2) is 0 Å². The van der Waals surface area contributed by atoms with E-state index in [9.17, 15) is 14.9 Å². The molecule has 1 heterocycles. The lowest BCUT2D eigenvalue weighted by Gasteiger charge is -2.09. The predicted octanol–water partition coefficient (Wildman–Crippen LogP) is 4.44. The zero-order valence-electron chi connectivity index (χ0n) is 13.3. The van der Waals surface area contributed by atoms with E-state index in [1.807, 2.05) is 45.0 Å². The van der Waals surface area contributed by atoms with E-state index in [-0.39, 0.29) is 11.2 Å². The fraction of sp³-hybridized carbons (Fsp3) is 0.167. The molecule has 0 radical (unpaired) electrons. The molecule has 0 unspecified atom stereocenters. The zero-order valence-corrected chi connectivity index (χ0v) is 13.3. The maximum absolute atomic E-state index is 11.9. The van der Waals surface area contributed by atoms with E-state index in [0.717, 1.165) is 16.7 Å². The molecule has 1 aromatic heterocycles. The van der Waals surface area contributed by atoms with E-state index < -0.39 is 4.92 Å². The number of H-pyrrole nitrogens is 1. The summed E-state index contributed by atoms with van der Waals surface area (Å²) in [6.45, 7) is 5.98. The molecule has 0 aliphatic heterocycles. The van der Waals surface area contributed by atoms with Gasteiger partial charge in [0.1, 0.15) is 0 Å². The van der Waals surface area contributed by atoms with Gasteiger partial charge in [0, 0.05) is 23.9 Å². The number of benzene rings is 2. The van der Waals surface area contributed by atoms with Gasteiger partial charge in [0.2, 0.25) is 0 Å². The molecule has 118 valence electrons. The number of aryl methyl sites for hydroxylation is 1. The van der Waals surface area contributed by atoms with Crippen molar-refractivity contribution in [2.24, 2.45) is 0 Å². The Morgan fingerprint density at radius 2 is 1.70 bits per heavy atom. The van der Waals surface area contributed by atoms with Gasteiger partial charge < -0.3 is 4.98 Å². The second kappa shape index (κ2) is 6.87. The summed E-state index contributed by atoms with van der Waals surface area (Å²) in [6, 6.07) is 12.2. The van der Waals surface area contributed by atoms with Gasteiger partial charge in [0.05, 0.1) is 10.3 Å². The first kappa shape index (κ1) is 16.4. The third kappa shape index (κ3) is 3.13. The summed E-state index contributed by atoms with van der Waals surface area (Å²) in [4.78, 5) is 25.0. The molecular formula is C18H18N2O3. The zero-order chi connectivity index (χ0) is 17.0. The van der Waals surface area contributed by atoms with Crippen molar-refractivity contribution in [1.29, 1.82) is 0 Å². The number of hydrogen-bond donors (Lipinski definition) is 1. The fourth-order valence-electron chi connectivity index (χ4n) is 2.46. The van der Waals surface area contributed by atoms with Crippen molar-refractivity contribution in [2.75, 3.05) is 0 Å². The van der Waals surface area contributed by atoms with Crippen LogP contribution in [0.3, 0.4) is 0 Å². The minimum absolute atomic E-state index is 0.0880. The van der Waals surface area contributed by atoms with E-state index in [1.54, 1.807) is 12.3 Å². The quantitative estimate of drug-likeness (QED) is 0.561. The molecule has 5 nitrogen and oxygen atoms in total. The Balaban J connectivity index is 0.000000924. The molecule has 23 heavy (non-hydrogen) atoms. The molecule has 0 aliphatic rings. The Morgan fingerprint density at radius 3 is 2.35 bits per heavy atom. The Morgan fingerprint density at radius 1 is 1.00 bits per heavy atom. The summed E-state index contributed by atoms with van der Waals surface area (Å²) in [5.74, 6) is 0. The fourth-order valence-corrected chi connectivity index (χ4v) is 2.46. The smallest absolute Gasteiger partial charge is 0.270 e. The predicted molar refractivity (Wildman–Crippen MR) is 92.7 cm³/mol. The minimum atomic E-state index is -0.501. The molecule has 0 bridgehead atoms. The number of pyridine rings is 1. The molecule has 3 aromatic rings. The summed E-state index contributed by atoms with van der Waals surface area (Å²) in [7, 11) is 0. The molecule has 0 spiro atoms. The largest absolute Gasteiger partial charge is 0.328 e. The standard InChI is InChI=1S/C16H12N2O3.C2H6/c1-10-4-2-3-5-12(10)15-9-17-16(19)14-8-11(18(20)21)6-7-13(14)15;1-2/h2-9H,1H3,(H,17,19);1-2H3. The minimum Gasteiger partial charge on any atom is -0.328 e. The van der Waals surface area contributed by atoms with Gasteiger partial charge in [-0.15, -0.1) is 0 Å². The van der Waals surface area contributed by atoms with Crippen molar-refractivity contribution in [1.82, 2.24) is 4.98 Å². The molecule has 2 aromatic carbocycles. The van der Waals surface area contributed by atoms with E-state index in [2.05, 4.69) is 4.98 Å². The molecule has 0 amide bonds. The highest BCUT2D eigenvalue weighted by Crippen LogP contribution is 2.30. The highest BCUT2D eigenvalue weighted by Gasteiger charge is 2.13. The van der Waals surface area contributed by atoms with Crippen LogP contribution in [0.2, 0.25) is 0 Å². The number of nitrogens with zero attached hydrogens (tertiary/aromatic N) is 1. The van der Waals surface area contributed by atoms with Crippen LogP contribution in [-0.2, 0) is 0 Å². The first-order valence-electron chi connectivity index (χ1n) is 7.44. The maximum Gasteiger partial charge on any atom is 0.270 e. The molecular weight excluding hydrogens is 292 g/mol. The maximum atomic E-state index is 11.9. The van der Waals surface area contributed by atoms with E-state index >= 15 is 0 Å². The Kier molecular flexibility index (Phi) is 4.91. The average Bonchev–Trinajstić information content (AvgIpc) is 2.58. The van der Waals surface area contributed by atoms with Crippen molar-refractivity contribution < 1.29 is 4.92 Å². The monoisotopic (exact) mass is 310 g/mol. The average molecular weight is 310 g/mol. The summed E-state index contributed by atoms with van der Waals surface area (Å²) >= 11 is 0. The second-order valence-corrected chi connectivity index (χ2v) is 4.83. The van der Waals surface area contributed by atoms with Crippen LogP contribution in [0.25, 0.3) is 21.9 Å². The van der Waals surface area contributed by atoms with Crippen LogP contribution in [-0.4, -0.2) is 9.91 Å². The lowest BCUT2D eigenvalue weighted by molar-refractivity contribution is -0.384. The van der Waals surface area contributed by atoms with Gasteiger partial charge in [-0.3, -0.25) is 14.9 Å². The highest BCUT2D eigenvalue weighted by atomic mass is 16.6. The molecule has 3 rings (SSSR count). The van der Waals surface area contributed by atoms with E-state index in [1.165, 1.54) is 12.1 Å². The lowest BCUT2D eigenvalue weighted by Crippen LogP contribution is -2.06. The molecule has 0 fully saturated rings. The first-order chi connectivity index (χ1) is 11.1. The number of aromatic nitrogens is 1. The summed E-state index contributed by atoms with van der Waals surface area (Å²) in [5, 5.41) is 11.9. The number of nitro benzene ring substituents is 1. The SMILES string of the molecule is CC.Cc1ccccc1-c1c[nH]c(=O)c2cc([N+](=O)[O-])ccc12. The number of nitrogens with one attached hydrogen (secondary N) is 1. The van der Waals surface area contributed by atoms with Gasteiger partial charge >= 0.3 is 0 Å². The van der Waals surface area contributed by atoms with Crippen molar-refractivity contribution in [3.8, 4) is 11.1 Å². The number of hydrogen-bond acceptors (Lipinski definition) is 3.